The second kappa shape index (κ2) is 6.65. The van der Waals surface area contributed by atoms with Crippen LogP contribution in [0.15, 0.2) is 24.3 Å². The normalized spacial score (nSPS) is 17.4. The van der Waals surface area contributed by atoms with Gasteiger partial charge in [0.05, 0.1) is 5.75 Å². The highest BCUT2D eigenvalue weighted by atomic mass is 35.5. The molecule has 0 unspecified atom stereocenters. The molecule has 112 valence electrons. The van der Waals surface area contributed by atoms with Crippen molar-refractivity contribution < 1.29 is 13.5 Å². The lowest BCUT2D eigenvalue weighted by Crippen LogP contribution is -2.49. The van der Waals surface area contributed by atoms with Crippen molar-refractivity contribution in [2.75, 3.05) is 42.7 Å². The zero-order valence-corrected chi connectivity index (χ0v) is 12.8. The summed E-state index contributed by atoms with van der Waals surface area (Å²) >= 11 is 5.55. The van der Waals surface area contributed by atoms with Crippen LogP contribution >= 0.6 is 11.6 Å². The maximum absolute atomic E-state index is 12.0. The highest BCUT2D eigenvalue weighted by Gasteiger charge is 2.26. The van der Waals surface area contributed by atoms with Gasteiger partial charge in [0.1, 0.15) is 5.75 Å². The number of phenolic OH excluding ortho intramolecular Hbond substituents is 1. The Hall–Kier alpha value is -0.980. The summed E-state index contributed by atoms with van der Waals surface area (Å²) in [5, 5.41) is 9.27. The summed E-state index contributed by atoms with van der Waals surface area (Å²) < 4.78 is 25.6. The van der Waals surface area contributed by atoms with Gasteiger partial charge in [-0.05, 0) is 30.7 Å². The number of nitrogens with zero attached hydrogens (tertiary/aromatic N) is 2. The monoisotopic (exact) mass is 318 g/mol. The first-order valence-corrected chi connectivity index (χ1v) is 8.75. The van der Waals surface area contributed by atoms with E-state index in [0.29, 0.717) is 38.5 Å². The van der Waals surface area contributed by atoms with Gasteiger partial charge in [0.25, 0.3) is 0 Å². The smallest absolute Gasteiger partial charge is 0.214 e. The third-order valence-electron chi connectivity index (χ3n) is 3.38. The molecule has 0 saturated carbocycles. The average molecular weight is 319 g/mol. The summed E-state index contributed by atoms with van der Waals surface area (Å²) in [6.45, 7) is 2.30. The number of halogens is 1. The van der Waals surface area contributed by atoms with E-state index in [9.17, 15) is 13.5 Å². The van der Waals surface area contributed by atoms with Crippen LogP contribution in [0, 0.1) is 0 Å². The van der Waals surface area contributed by atoms with Crippen LogP contribution in [0.5, 0.6) is 5.75 Å². The van der Waals surface area contributed by atoms with Gasteiger partial charge in [-0.1, -0.05) is 0 Å². The van der Waals surface area contributed by atoms with Crippen molar-refractivity contribution in [3.63, 3.8) is 0 Å². The molecule has 0 amide bonds. The second-order valence-electron chi connectivity index (χ2n) is 4.76. The molecule has 0 aliphatic carbocycles. The Bertz CT molecular complexity index is 525. The minimum atomic E-state index is -3.18. The number of benzene rings is 1. The topological polar surface area (TPSA) is 60.9 Å². The second-order valence-corrected chi connectivity index (χ2v) is 7.23. The zero-order chi connectivity index (χ0) is 14.6. The van der Waals surface area contributed by atoms with Gasteiger partial charge in [0, 0.05) is 37.7 Å². The van der Waals surface area contributed by atoms with E-state index in [-0.39, 0.29) is 11.5 Å². The molecule has 1 aliphatic heterocycles. The van der Waals surface area contributed by atoms with Gasteiger partial charge in [0.2, 0.25) is 10.0 Å². The van der Waals surface area contributed by atoms with Crippen LogP contribution in [0.2, 0.25) is 0 Å². The van der Waals surface area contributed by atoms with E-state index in [1.54, 1.807) is 12.1 Å². The Balaban J connectivity index is 1.93. The Morgan fingerprint density at radius 2 is 1.70 bits per heavy atom. The largest absolute Gasteiger partial charge is 0.508 e. The molecule has 0 aromatic heterocycles. The molecule has 1 saturated heterocycles. The Morgan fingerprint density at radius 3 is 2.25 bits per heavy atom. The summed E-state index contributed by atoms with van der Waals surface area (Å²) in [4.78, 5) is 2.12. The van der Waals surface area contributed by atoms with E-state index in [4.69, 9.17) is 11.6 Å². The zero-order valence-electron chi connectivity index (χ0n) is 11.2. The van der Waals surface area contributed by atoms with Crippen LogP contribution < -0.4 is 4.90 Å². The summed E-state index contributed by atoms with van der Waals surface area (Å²) in [7, 11) is -3.18. The number of aromatic hydroxyl groups is 1. The lowest BCUT2D eigenvalue weighted by Gasteiger charge is -2.35. The molecule has 1 aromatic rings. The van der Waals surface area contributed by atoms with Crippen molar-refractivity contribution in [1.29, 1.82) is 0 Å². The van der Waals surface area contributed by atoms with Gasteiger partial charge >= 0.3 is 0 Å². The fraction of sp³-hybridized carbons (Fsp3) is 0.538. The Labute approximate surface area is 124 Å². The molecule has 0 bridgehead atoms. The number of sulfonamides is 1. The van der Waals surface area contributed by atoms with Crippen LogP contribution in [-0.4, -0.2) is 55.6 Å². The predicted octanol–water partition coefficient (Wildman–Crippen LogP) is 1.47. The maximum atomic E-state index is 12.0. The van der Waals surface area contributed by atoms with Gasteiger partial charge in [0.15, 0.2) is 0 Å². The number of rotatable bonds is 5. The summed E-state index contributed by atoms with van der Waals surface area (Å²) in [6.07, 6.45) is 0.488. The van der Waals surface area contributed by atoms with E-state index in [0.717, 1.165) is 5.69 Å². The average Bonchev–Trinajstić information content (AvgIpc) is 2.46. The van der Waals surface area contributed by atoms with Gasteiger partial charge in [-0.15, -0.1) is 11.6 Å². The lowest BCUT2D eigenvalue weighted by atomic mass is 10.2. The van der Waals surface area contributed by atoms with Crippen molar-refractivity contribution >= 4 is 27.3 Å². The summed E-state index contributed by atoms with van der Waals surface area (Å²) in [6, 6.07) is 6.96. The molecule has 0 radical (unpaired) electrons. The van der Waals surface area contributed by atoms with E-state index in [2.05, 4.69) is 4.90 Å². The van der Waals surface area contributed by atoms with Crippen molar-refractivity contribution in [3.8, 4) is 5.75 Å². The fourth-order valence-electron chi connectivity index (χ4n) is 2.25. The number of piperazine rings is 1. The minimum absolute atomic E-state index is 0.121. The molecular formula is C13H19ClN2O3S. The first-order valence-electron chi connectivity index (χ1n) is 6.61. The van der Waals surface area contributed by atoms with Gasteiger partial charge in [-0.2, -0.15) is 4.31 Å². The quantitative estimate of drug-likeness (QED) is 0.835. The third kappa shape index (κ3) is 3.77. The Kier molecular flexibility index (Phi) is 5.12. The number of anilines is 1. The van der Waals surface area contributed by atoms with Crippen molar-refractivity contribution in [2.24, 2.45) is 0 Å². The van der Waals surface area contributed by atoms with Gasteiger partial charge in [-0.25, -0.2) is 8.42 Å². The molecule has 7 heteroatoms. The van der Waals surface area contributed by atoms with Crippen molar-refractivity contribution in [1.82, 2.24) is 4.31 Å². The van der Waals surface area contributed by atoms with Gasteiger partial charge < -0.3 is 10.0 Å². The van der Waals surface area contributed by atoms with Crippen molar-refractivity contribution in [3.05, 3.63) is 24.3 Å². The fourth-order valence-corrected chi connectivity index (χ4v) is 4.03. The molecule has 1 aliphatic rings. The van der Waals surface area contributed by atoms with Crippen molar-refractivity contribution in [2.45, 2.75) is 6.42 Å². The molecule has 1 aromatic carbocycles. The molecule has 20 heavy (non-hydrogen) atoms. The first kappa shape index (κ1) is 15.4. The van der Waals surface area contributed by atoms with Gasteiger partial charge in [-0.3, -0.25) is 0 Å². The first-order chi connectivity index (χ1) is 9.53. The highest BCUT2D eigenvalue weighted by Crippen LogP contribution is 2.20. The number of alkyl halides is 1. The molecule has 2 rings (SSSR count). The number of hydrogen-bond donors (Lipinski definition) is 1. The maximum Gasteiger partial charge on any atom is 0.214 e. The van der Waals surface area contributed by atoms with E-state index in [1.165, 1.54) is 4.31 Å². The molecular weight excluding hydrogens is 300 g/mol. The predicted molar refractivity (Wildman–Crippen MR) is 81.0 cm³/mol. The molecule has 1 N–H and O–H groups in total. The lowest BCUT2D eigenvalue weighted by molar-refractivity contribution is 0.384. The summed E-state index contributed by atoms with van der Waals surface area (Å²) in [5.41, 5.74) is 1.00. The number of hydrogen-bond acceptors (Lipinski definition) is 4. The molecule has 1 fully saturated rings. The molecule has 1 heterocycles. The third-order valence-corrected chi connectivity index (χ3v) is 5.61. The molecule has 0 spiro atoms. The summed E-state index contributed by atoms with van der Waals surface area (Å²) in [5.74, 6) is 0.721. The minimum Gasteiger partial charge on any atom is -0.508 e. The van der Waals surface area contributed by atoms with Crippen LogP contribution in [0.4, 0.5) is 5.69 Å². The van der Waals surface area contributed by atoms with Crippen LogP contribution in [0.25, 0.3) is 0 Å². The SMILES string of the molecule is O=S(=O)(CCCCl)N1CCN(c2ccc(O)cc2)CC1. The number of phenols is 1. The molecule has 0 atom stereocenters. The van der Waals surface area contributed by atoms with Crippen LogP contribution in [0.3, 0.4) is 0 Å². The Morgan fingerprint density at radius 1 is 1.10 bits per heavy atom. The molecule has 5 nitrogen and oxygen atoms in total. The van der Waals surface area contributed by atoms with Crippen LogP contribution in [0.1, 0.15) is 6.42 Å². The van der Waals surface area contributed by atoms with E-state index < -0.39 is 10.0 Å². The van der Waals surface area contributed by atoms with E-state index in [1.807, 2.05) is 12.1 Å². The van der Waals surface area contributed by atoms with E-state index >= 15 is 0 Å². The van der Waals surface area contributed by atoms with Crippen LogP contribution in [-0.2, 0) is 10.0 Å². The highest BCUT2D eigenvalue weighted by molar-refractivity contribution is 7.89. The standard InChI is InChI=1S/C13H19ClN2O3S/c14-6-1-11-20(18,19)16-9-7-15(8-10-16)12-2-4-13(17)5-3-12/h2-5,17H,1,6-11H2.